The second-order valence-corrected chi connectivity index (χ2v) is 11.6. The maximum absolute atomic E-state index is 13.3. The second kappa shape index (κ2) is 7.56. The first-order valence-corrected chi connectivity index (χ1v) is 12.2. The number of allylic oxidation sites excluding steroid dienone is 1. The van der Waals surface area contributed by atoms with E-state index in [-0.39, 0.29) is 30.2 Å². The van der Waals surface area contributed by atoms with Crippen LogP contribution >= 0.6 is 0 Å². The van der Waals surface area contributed by atoms with Crippen LogP contribution < -0.4 is 0 Å². The van der Waals surface area contributed by atoms with Crippen molar-refractivity contribution >= 4 is 17.7 Å². The summed E-state index contributed by atoms with van der Waals surface area (Å²) in [5.74, 6) is -1.80. The van der Waals surface area contributed by atoms with Gasteiger partial charge in [0.2, 0.25) is 0 Å². The number of carbonyl (C=O) groups is 3. The highest BCUT2D eigenvalue weighted by Gasteiger charge is 2.72. The Morgan fingerprint density at radius 3 is 2.42 bits per heavy atom. The molecule has 4 aliphatic rings. The molecule has 0 radical (unpaired) electrons. The number of hydrogen-bond acceptors (Lipinski definition) is 7. The summed E-state index contributed by atoms with van der Waals surface area (Å²) in [5.41, 5.74) is -2.24. The molecule has 0 aromatic carbocycles. The number of carbonyl (C=O) groups excluding carboxylic acids is 3. The van der Waals surface area contributed by atoms with Crippen molar-refractivity contribution in [2.24, 2.45) is 34.5 Å². The minimum absolute atomic E-state index is 0.0619. The molecule has 2 saturated heterocycles. The third-order valence-electron chi connectivity index (χ3n) is 9.90. The van der Waals surface area contributed by atoms with Crippen molar-refractivity contribution in [2.45, 2.75) is 84.8 Å². The molecule has 7 unspecified atom stereocenters. The van der Waals surface area contributed by atoms with Crippen LogP contribution in [0.15, 0.2) is 11.3 Å². The number of hydrogen-bond donors (Lipinski definition) is 1. The number of fused-ring (bicyclic) bond motifs is 3. The molecule has 2 aliphatic carbocycles. The molecule has 4 rings (SSSR count). The molecule has 0 amide bonds. The van der Waals surface area contributed by atoms with E-state index < -0.39 is 39.8 Å². The fourth-order valence-corrected chi connectivity index (χ4v) is 7.98. The Labute approximate surface area is 196 Å². The lowest BCUT2D eigenvalue weighted by atomic mass is 9.47. The smallest absolute Gasteiger partial charge is 0.316 e. The van der Waals surface area contributed by atoms with Crippen molar-refractivity contribution in [3.05, 3.63) is 11.3 Å². The van der Waals surface area contributed by atoms with Crippen LogP contribution in [0.3, 0.4) is 0 Å². The van der Waals surface area contributed by atoms with Crippen LogP contribution in [0.5, 0.6) is 0 Å². The van der Waals surface area contributed by atoms with Crippen molar-refractivity contribution in [3.8, 4) is 0 Å². The van der Waals surface area contributed by atoms with Gasteiger partial charge in [0.25, 0.3) is 0 Å². The van der Waals surface area contributed by atoms with E-state index in [1.165, 1.54) is 7.11 Å². The van der Waals surface area contributed by atoms with Crippen molar-refractivity contribution < 1.29 is 33.7 Å². The highest BCUT2D eigenvalue weighted by atomic mass is 16.6. The van der Waals surface area contributed by atoms with Gasteiger partial charge in [0.05, 0.1) is 19.1 Å². The molecule has 0 aromatic heterocycles. The molecule has 184 valence electrons. The van der Waals surface area contributed by atoms with Crippen molar-refractivity contribution in [1.82, 2.24) is 0 Å². The largest absolute Gasteiger partial charge is 0.490 e. The van der Waals surface area contributed by atoms with Gasteiger partial charge in [-0.05, 0) is 51.9 Å². The molecule has 0 bridgehead atoms. The van der Waals surface area contributed by atoms with Gasteiger partial charge in [-0.1, -0.05) is 20.8 Å². The number of aliphatic hydroxyl groups excluding tert-OH is 1. The van der Waals surface area contributed by atoms with E-state index >= 15 is 0 Å². The van der Waals surface area contributed by atoms with Crippen LogP contribution in [0.2, 0.25) is 0 Å². The molecule has 1 saturated carbocycles. The minimum atomic E-state index is -0.970. The number of esters is 2. The van der Waals surface area contributed by atoms with Gasteiger partial charge in [-0.3, -0.25) is 14.4 Å². The summed E-state index contributed by atoms with van der Waals surface area (Å²) >= 11 is 0. The third-order valence-corrected chi connectivity index (χ3v) is 9.90. The molecule has 2 heterocycles. The Kier molecular flexibility index (Phi) is 5.55. The van der Waals surface area contributed by atoms with Crippen LogP contribution in [0.4, 0.5) is 0 Å². The number of ketones is 1. The van der Waals surface area contributed by atoms with E-state index in [1.54, 1.807) is 6.92 Å². The van der Waals surface area contributed by atoms with Gasteiger partial charge in [-0.2, -0.15) is 0 Å². The lowest BCUT2D eigenvalue weighted by Crippen LogP contribution is -2.62. The number of ether oxygens (including phenoxy) is 3. The minimum Gasteiger partial charge on any atom is -0.490 e. The summed E-state index contributed by atoms with van der Waals surface area (Å²) in [7, 11) is 1.29. The zero-order valence-corrected chi connectivity index (χ0v) is 20.9. The summed E-state index contributed by atoms with van der Waals surface area (Å²) < 4.78 is 17.8. The summed E-state index contributed by atoms with van der Waals surface area (Å²) in [6.45, 7) is 11.6. The normalized spacial score (nSPS) is 44.5. The monoisotopic (exact) mass is 462 g/mol. The maximum atomic E-state index is 13.3. The lowest BCUT2D eigenvalue weighted by Gasteiger charge is -2.59. The van der Waals surface area contributed by atoms with E-state index in [2.05, 4.69) is 13.8 Å². The molecule has 0 aromatic rings. The molecule has 7 heteroatoms. The molecule has 3 fully saturated rings. The Morgan fingerprint density at radius 2 is 1.82 bits per heavy atom. The predicted octanol–water partition coefficient (Wildman–Crippen LogP) is 3.57. The molecule has 1 N–H and O–H groups in total. The van der Waals surface area contributed by atoms with Crippen LogP contribution in [0, 0.1) is 34.5 Å². The van der Waals surface area contributed by atoms with Gasteiger partial charge in [0, 0.05) is 29.7 Å². The molecule has 1 spiro atoms. The number of rotatable bonds is 2. The van der Waals surface area contributed by atoms with Gasteiger partial charge >= 0.3 is 11.9 Å². The van der Waals surface area contributed by atoms with Gasteiger partial charge < -0.3 is 19.3 Å². The fourth-order valence-electron chi connectivity index (χ4n) is 7.98. The quantitative estimate of drug-likeness (QED) is 0.495. The highest BCUT2D eigenvalue weighted by molar-refractivity contribution is 6.09. The van der Waals surface area contributed by atoms with Gasteiger partial charge in [0.1, 0.15) is 22.9 Å². The Balaban J connectivity index is 1.90. The van der Waals surface area contributed by atoms with Crippen molar-refractivity contribution in [3.63, 3.8) is 0 Å². The first-order valence-electron chi connectivity index (χ1n) is 12.2. The third kappa shape index (κ3) is 3.00. The predicted molar refractivity (Wildman–Crippen MR) is 120 cm³/mol. The van der Waals surface area contributed by atoms with Crippen LogP contribution in [0.1, 0.15) is 73.6 Å². The van der Waals surface area contributed by atoms with E-state index in [0.717, 1.165) is 12.8 Å². The van der Waals surface area contributed by atoms with E-state index in [0.29, 0.717) is 30.6 Å². The lowest BCUT2D eigenvalue weighted by molar-refractivity contribution is -0.202. The van der Waals surface area contributed by atoms with Crippen LogP contribution in [-0.2, 0) is 28.6 Å². The fraction of sp³-hybridized carbons (Fsp3) is 0.808. The number of aliphatic hydroxyl groups is 1. The molecule has 2 aliphatic heterocycles. The summed E-state index contributed by atoms with van der Waals surface area (Å²) in [6.07, 6.45) is 3.20. The van der Waals surface area contributed by atoms with E-state index in [9.17, 15) is 19.5 Å². The highest BCUT2D eigenvalue weighted by Crippen LogP contribution is 2.69. The molecular formula is C26H38O7. The van der Waals surface area contributed by atoms with E-state index in [1.807, 2.05) is 20.8 Å². The molecule has 7 atom stereocenters. The Hall–Kier alpha value is -1.89. The zero-order valence-electron chi connectivity index (χ0n) is 20.9. The van der Waals surface area contributed by atoms with E-state index in [4.69, 9.17) is 14.2 Å². The summed E-state index contributed by atoms with van der Waals surface area (Å²) in [4.78, 5) is 38.4. The molecular weight excluding hydrogens is 424 g/mol. The standard InChI is InChI=1S/C26H38O7/c1-14-8-9-17-23(4,5)32-18(28)10-11-24(17,6)26(14)12-25(13-27)16(3)19(22(30)31-7)20(29)15(2)21(25)33-26/h14,16-17,19,27H,8-13H2,1-7H3. The second-order valence-electron chi connectivity index (χ2n) is 11.6. The first-order chi connectivity index (χ1) is 15.3. The Bertz CT molecular complexity index is 920. The van der Waals surface area contributed by atoms with Crippen LogP contribution in [-0.4, -0.2) is 47.7 Å². The molecule has 7 nitrogen and oxygen atoms in total. The van der Waals surface area contributed by atoms with Crippen molar-refractivity contribution in [1.29, 1.82) is 0 Å². The van der Waals surface area contributed by atoms with Gasteiger partial charge in [-0.25, -0.2) is 0 Å². The Morgan fingerprint density at radius 1 is 1.15 bits per heavy atom. The topological polar surface area (TPSA) is 99.1 Å². The number of Topliss-reactive ketones (excluding diaryl/α,β-unsaturated/α-hetero) is 1. The number of methoxy groups -OCH3 is 1. The average Bonchev–Trinajstić information content (AvgIpc) is 3.09. The maximum Gasteiger partial charge on any atom is 0.316 e. The van der Waals surface area contributed by atoms with Crippen molar-refractivity contribution in [2.75, 3.05) is 13.7 Å². The van der Waals surface area contributed by atoms with Gasteiger partial charge in [-0.15, -0.1) is 0 Å². The summed E-state index contributed by atoms with van der Waals surface area (Å²) in [6, 6.07) is 0. The molecule has 33 heavy (non-hydrogen) atoms. The van der Waals surface area contributed by atoms with Gasteiger partial charge in [0.15, 0.2) is 5.78 Å². The summed E-state index contributed by atoms with van der Waals surface area (Å²) in [5, 5.41) is 10.8. The first kappa shape index (κ1) is 24.2. The SMILES string of the molecule is COC(=O)C1C(=O)C(C)=C2OC3(CC2(CO)C1C)C(C)CCC1C(C)(C)OC(=O)CCC13C. The average molecular weight is 463 g/mol. The number of cyclic esters (lactones) is 1. The zero-order chi connectivity index (χ0) is 24.6. The van der Waals surface area contributed by atoms with Crippen LogP contribution in [0.25, 0.3) is 0 Å².